The van der Waals surface area contributed by atoms with Gasteiger partial charge in [-0.05, 0) is 42.7 Å². The van der Waals surface area contributed by atoms with Gasteiger partial charge in [0.25, 0.3) is 0 Å². The number of piperidine rings is 1. The number of aromatic nitrogens is 2. The van der Waals surface area contributed by atoms with Gasteiger partial charge in [-0.2, -0.15) is 0 Å². The summed E-state index contributed by atoms with van der Waals surface area (Å²) in [6.45, 7) is 8.16. The molecule has 3 amide bonds. The fourth-order valence-corrected chi connectivity index (χ4v) is 7.87. The lowest BCUT2D eigenvalue weighted by Gasteiger charge is -2.33. The van der Waals surface area contributed by atoms with E-state index in [4.69, 9.17) is 0 Å². The molecule has 1 saturated heterocycles. The Morgan fingerprint density at radius 3 is 2.11 bits per heavy atom. The molecule has 0 bridgehead atoms. The number of nitrogens with one attached hydrogen (secondary N) is 4. The first-order chi connectivity index (χ1) is 26.4. The van der Waals surface area contributed by atoms with Crippen molar-refractivity contribution in [1.29, 1.82) is 0 Å². The summed E-state index contributed by atoms with van der Waals surface area (Å²) in [6, 6.07) is 18.3. The first kappa shape index (κ1) is 41.8. The normalized spacial score (nSPS) is 18.1. The van der Waals surface area contributed by atoms with Crippen molar-refractivity contribution in [3.8, 4) is 0 Å². The highest BCUT2D eigenvalue weighted by molar-refractivity contribution is 5.92. The number of hydrogen-bond acceptors (Lipinski definition) is 7. The Morgan fingerprint density at radius 1 is 0.836 bits per heavy atom. The maximum Gasteiger partial charge on any atom is 0.243 e. The van der Waals surface area contributed by atoms with E-state index in [1.54, 1.807) is 6.20 Å². The molecule has 1 aliphatic carbocycles. The Bertz CT molecular complexity index is 1630. The fourth-order valence-electron chi connectivity index (χ4n) is 7.87. The molecule has 2 aromatic carbocycles. The maximum absolute atomic E-state index is 14.2. The topological polar surface area (TPSA) is 157 Å². The third-order valence-electron chi connectivity index (χ3n) is 11.3. The van der Waals surface area contributed by atoms with Crippen molar-refractivity contribution in [3.63, 3.8) is 0 Å². The number of aliphatic hydroxyl groups is 1. The van der Waals surface area contributed by atoms with Crippen molar-refractivity contribution in [2.75, 3.05) is 13.1 Å². The molecule has 0 radical (unpaired) electrons. The van der Waals surface area contributed by atoms with Gasteiger partial charge >= 0.3 is 0 Å². The molecule has 3 aromatic rings. The second kappa shape index (κ2) is 20.5. The molecule has 0 unspecified atom stereocenters. The van der Waals surface area contributed by atoms with Gasteiger partial charge in [0.15, 0.2) is 0 Å². The van der Waals surface area contributed by atoms with Crippen molar-refractivity contribution in [1.82, 2.24) is 30.8 Å². The van der Waals surface area contributed by atoms with Crippen LogP contribution >= 0.6 is 0 Å². The molecule has 55 heavy (non-hydrogen) atoms. The van der Waals surface area contributed by atoms with E-state index in [0.29, 0.717) is 24.5 Å². The fraction of sp³-hybridized carbons (Fsp3) is 0.568. The van der Waals surface area contributed by atoms with Crippen LogP contribution in [0.3, 0.4) is 0 Å². The molecule has 5 N–H and O–H groups in total. The summed E-state index contributed by atoms with van der Waals surface area (Å²) in [5.41, 5.74) is 2.22. The van der Waals surface area contributed by atoms with E-state index in [2.05, 4.69) is 43.0 Å². The van der Waals surface area contributed by atoms with Crippen LogP contribution in [0.25, 0.3) is 0 Å². The van der Waals surface area contributed by atoms with E-state index in [-0.39, 0.29) is 42.9 Å². The molecule has 5 rings (SSSR count). The summed E-state index contributed by atoms with van der Waals surface area (Å²) in [5.74, 6) is -1.49. The van der Waals surface area contributed by atoms with Crippen LogP contribution < -0.4 is 16.0 Å². The zero-order chi connectivity index (χ0) is 39.2. The number of rotatable bonds is 18. The van der Waals surface area contributed by atoms with Gasteiger partial charge in [0, 0.05) is 61.7 Å². The molecule has 2 fully saturated rings. The van der Waals surface area contributed by atoms with Gasteiger partial charge in [0.1, 0.15) is 11.8 Å². The summed E-state index contributed by atoms with van der Waals surface area (Å²) in [4.78, 5) is 64.4. The first-order valence-electron chi connectivity index (χ1n) is 20.3. The highest BCUT2D eigenvalue weighted by atomic mass is 16.3. The first-order valence-corrected chi connectivity index (χ1v) is 20.3. The number of ketones is 1. The molecular weight excluding hydrogens is 693 g/mol. The van der Waals surface area contributed by atoms with Crippen LogP contribution in [0.1, 0.15) is 102 Å². The number of carbonyl (C=O) groups is 4. The molecule has 2 aliphatic rings. The standard InChI is InChI=1S/C44H62N6O5/c1-44(2,3)40(52)25-34(23-31-13-7-4-8-14-31)42(54)49-38(26-36-28-45-30-46-36)43(55)48-37(24-32-15-9-5-10-16-32)39(51)27-41(53)47-35-19-21-50(22-20-35)29-33-17-11-6-12-18-33/h4,6-8,11-14,17-18,28,30,32,34-35,37-39,51H,5,9-10,15-16,19-27,29H2,1-3H3,(H,45,46)(H,47,53)(H,48,55)(H,49,54)/t34-,37+,38+,39+/m1/s1. The van der Waals surface area contributed by atoms with Crippen molar-refractivity contribution in [2.45, 2.75) is 129 Å². The number of aliphatic hydroxyl groups excluding tert-OH is 1. The number of benzene rings is 2. The van der Waals surface area contributed by atoms with E-state index >= 15 is 0 Å². The molecule has 298 valence electrons. The Morgan fingerprint density at radius 2 is 1.49 bits per heavy atom. The van der Waals surface area contributed by atoms with Crippen LogP contribution in [0, 0.1) is 17.3 Å². The lowest BCUT2D eigenvalue weighted by atomic mass is 9.82. The molecule has 1 aliphatic heterocycles. The summed E-state index contributed by atoms with van der Waals surface area (Å²) in [6.07, 6.45) is 9.99. The highest BCUT2D eigenvalue weighted by Crippen LogP contribution is 2.29. The predicted molar refractivity (Wildman–Crippen MR) is 214 cm³/mol. The van der Waals surface area contributed by atoms with Crippen LogP contribution in [-0.2, 0) is 38.6 Å². The minimum absolute atomic E-state index is 0.0288. The summed E-state index contributed by atoms with van der Waals surface area (Å²) >= 11 is 0. The molecule has 11 heteroatoms. The van der Waals surface area contributed by atoms with Crippen molar-refractivity contribution >= 4 is 23.5 Å². The molecular formula is C44H62N6O5. The Balaban J connectivity index is 1.25. The molecule has 1 aromatic heterocycles. The highest BCUT2D eigenvalue weighted by Gasteiger charge is 2.34. The van der Waals surface area contributed by atoms with Gasteiger partial charge in [-0.15, -0.1) is 0 Å². The zero-order valence-corrected chi connectivity index (χ0v) is 33.0. The van der Waals surface area contributed by atoms with Crippen LogP contribution in [0.15, 0.2) is 73.2 Å². The minimum Gasteiger partial charge on any atom is -0.390 e. The number of hydrogen-bond donors (Lipinski definition) is 5. The smallest absolute Gasteiger partial charge is 0.243 e. The number of likely N-dealkylation sites (tertiary alicyclic amines) is 1. The molecule has 4 atom stereocenters. The van der Waals surface area contributed by atoms with Gasteiger partial charge in [0.05, 0.1) is 24.9 Å². The minimum atomic E-state index is -1.11. The monoisotopic (exact) mass is 754 g/mol. The lowest BCUT2D eigenvalue weighted by molar-refractivity contribution is -0.135. The number of carbonyl (C=O) groups excluding carboxylic acids is 4. The summed E-state index contributed by atoms with van der Waals surface area (Å²) < 4.78 is 0. The van der Waals surface area contributed by atoms with Gasteiger partial charge in [-0.25, -0.2) is 4.98 Å². The van der Waals surface area contributed by atoms with Crippen LogP contribution in [0.4, 0.5) is 0 Å². The number of aromatic amines is 1. The summed E-state index contributed by atoms with van der Waals surface area (Å²) in [5, 5.41) is 20.8. The Kier molecular flexibility index (Phi) is 15.6. The van der Waals surface area contributed by atoms with E-state index in [1.165, 1.54) is 18.3 Å². The molecule has 0 spiro atoms. The average molecular weight is 755 g/mol. The van der Waals surface area contributed by atoms with Crippen molar-refractivity contribution in [2.24, 2.45) is 17.3 Å². The van der Waals surface area contributed by atoms with E-state index in [9.17, 15) is 24.3 Å². The summed E-state index contributed by atoms with van der Waals surface area (Å²) in [7, 11) is 0. The second-order valence-electron chi connectivity index (χ2n) is 16.8. The average Bonchev–Trinajstić information content (AvgIpc) is 3.69. The second-order valence-corrected chi connectivity index (χ2v) is 16.8. The van der Waals surface area contributed by atoms with Gasteiger partial charge < -0.3 is 26.0 Å². The Hall–Kier alpha value is -4.35. The third kappa shape index (κ3) is 13.7. The molecule has 11 nitrogen and oxygen atoms in total. The maximum atomic E-state index is 14.2. The zero-order valence-electron chi connectivity index (χ0n) is 33.0. The number of nitrogens with zero attached hydrogens (tertiary/aromatic N) is 2. The van der Waals surface area contributed by atoms with E-state index in [1.807, 2.05) is 69.3 Å². The van der Waals surface area contributed by atoms with Crippen LogP contribution in [0.2, 0.25) is 0 Å². The van der Waals surface area contributed by atoms with Gasteiger partial charge in [-0.3, -0.25) is 24.1 Å². The van der Waals surface area contributed by atoms with Crippen LogP contribution in [-0.4, -0.2) is 80.8 Å². The van der Waals surface area contributed by atoms with E-state index in [0.717, 1.165) is 63.7 Å². The van der Waals surface area contributed by atoms with Gasteiger partial charge in [0.2, 0.25) is 17.7 Å². The predicted octanol–water partition coefficient (Wildman–Crippen LogP) is 5.29. The Labute approximate surface area is 326 Å². The van der Waals surface area contributed by atoms with Crippen molar-refractivity contribution < 1.29 is 24.3 Å². The number of H-pyrrole nitrogens is 1. The van der Waals surface area contributed by atoms with E-state index < -0.39 is 35.4 Å². The third-order valence-corrected chi connectivity index (χ3v) is 11.3. The quantitative estimate of drug-likeness (QED) is 0.118. The van der Waals surface area contributed by atoms with Crippen LogP contribution in [0.5, 0.6) is 0 Å². The number of imidazole rings is 1. The molecule has 1 saturated carbocycles. The largest absolute Gasteiger partial charge is 0.390 e. The lowest BCUT2D eigenvalue weighted by Crippen LogP contribution is -2.55. The van der Waals surface area contributed by atoms with Gasteiger partial charge in [-0.1, -0.05) is 114 Å². The number of amides is 3. The van der Waals surface area contributed by atoms with Crippen molar-refractivity contribution in [3.05, 3.63) is 90.0 Å². The molecule has 2 heterocycles. The number of Topliss-reactive ketones (excluding diaryl/α,β-unsaturated/α-hetero) is 1. The SMILES string of the molecule is CC(C)(C)C(=O)C[C@@H](Cc1ccccc1)C(=O)N[C@@H](Cc1cnc[nH]1)C(=O)N[C@@H](CC1CCCCC1)[C@@H](O)CC(=O)NC1CCN(Cc2ccccc2)CC1.